The fourth-order valence-corrected chi connectivity index (χ4v) is 7.14. The molecule has 4 aromatic heterocycles. The summed E-state index contributed by atoms with van der Waals surface area (Å²) in [5, 5.41) is 5.62. The lowest BCUT2D eigenvalue weighted by atomic mass is 10.0. The van der Waals surface area contributed by atoms with E-state index in [-0.39, 0.29) is 0 Å². The van der Waals surface area contributed by atoms with Crippen LogP contribution in [0.3, 0.4) is 0 Å². The summed E-state index contributed by atoms with van der Waals surface area (Å²) in [4.78, 5) is 20.3. The van der Waals surface area contributed by atoms with E-state index < -0.39 is 0 Å². The van der Waals surface area contributed by atoms with Crippen molar-refractivity contribution in [3.63, 3.8) is 0 Å². The lowest BCUT2D eigenvalue weighted by Crippen LogP contribution is -2.03. The van der Waals surface area contributed by atoms with E-state index in [0.717, 1.165) is 48.8 Å². The SMILES string of the molecule is c1ccc(-c2ccc(-c3nc(-n4c5ccccc5c5c6c(ccc54)sc4ncncc46)nc4ccccc34)cc2)cc1. The van der Waals surface area contributed by atoms with Crippen LogP contribution in [0.2, 0.25) is 0 Å². The van der Waals surface area contributed by atoms with Gasteiger partial charge in [0.1, 0.15) is 11.2 Å². The van der Waals surface area contributed by atoms with Gasteiger partial charge in [-0.2, -0.15) is 0 Å². The molecule has 0 fully saturated rings. The van der Waals surface area contributed by atoms with Gasteiger partial charge in [-0.05, 0) is 35.4 Å². The zero-order valence-electron chi connectivity index (χ0n) is 22.3. The van der Waals surface area contributed by atoms with Gasteiger partial charge in [-0.15, -0.1) is 11.3 Å². The van der Waals surface area contributed by atoms with Crippen molar-refractivity contribution in [2.24, 2.45) is 0 Å². The number of hydrogen-bond donors (Lipinski definition) is 0. The molecule has 4 heterocycles. The quantitative estimate of drug-likeness (QED) is 0.218. The third-order valence-corrected chi connectivity index (χ3v) is 9.09. The Morgan fingerprint density at radius 1 is 0.548 bits per heavy atom. The van der Waals surface area contributed by atoms with Crippen molar-refractivity contribution >= 4 is 64.3 Å². The van der Waals surface area contributed by atoms with E-state index in [2.05, 4.69) is 112 Å². The molecule has 196 valence electrons. The first-order chi connectivity index (χ1) is 20.8. The molecule has 0 amide bonds. The molecule has 0 aliphatic rings. The first-order valence-electron chi connectivity index (χ1n) is 13.8. The monoisotopic (exact) mass is 555 g/mol. The highest BCUT2D eigenvalue weighted by Gasteiger charge is 2.20. The van der Waals surface area contributed by atoms with Gasteiger partial charge in [-0.25, -0.2) is 19.9 Å². The highest BCUT2D eigenvalue weighted by atomic mass is 32.1. The summed E-state index contributed by atoms with van der Waals surface area (Å²) < 4.78 is 3.39. The second kappa shape index (κ2) is 9.03. The van der Waals surface area contributed by atoms with Crippen LogP contribution < -0.4 is 0 Å². The molecular weight excluding hydrogens is 534 g/mol. The van der Waals surface area contributed by atoms with Gasteiger partial charge in [0.05, 0.1) is 22.2 Å². The minimum Gasteiger partial charge on any atom is -0.278 e. The largest absolute Gasteiger partial charge is 0.278 e. The summed E-state index contributed by atoms with van der Waals surface area (Å²) in [5.74, 6) is 0.650. The van der Waals surface area contributed by atoms with Crippen molar-refractivity contribution in [3.8, 4) is 28.3 Å². The van der Waals surface area contributed by atoms with Crippen LogP contribution in [0.1, 0.15) is 0 Å². The van der Waals surface area contributed by atoms with E-state index in [9.17, 15) is 0 Å². The Balaban J connectivity index is 1.33. The Morgan fingerprint density at radius 3 is 2.17 bits per heavy atom. The topological polar surface area (TPSA) is 56.5 Å². The highest BCUT2D eigenvalue weighted by Crippen LogP contribution is 2.42. The van der Waals surface area contributed by atoms with Gasteiger partial charge in [0.15, 0.2) is 0 Å². The molecule has 0 aliphatic heterocycles. The molecule has 9 rings (SSSR count). The zero-order chi connectivity index (χ0) is 27.6. The van der Waals surface area contributed by atoms with Crippen LogP contribution in [0.5, 0.6) is 0 Å². The Bertz CT molecular complexity index is 2460. The van der Waals surface area contributed by atoms with E-state index in [1.54, 1.807) is 17.7 Å². The molecule has 0 spiro atoms. The molecular formula is C36H21N5S. The second-order valence-electron chi connectivity index (χ2n) is 10.4. The molecule has 0 unspecified atom stereocenters. The smallest absolute Gasteiger partial charge is 0.235 e. The van der Waals surface area contributed by atoms with Gasteiger partial charge in [0, 0.05) is 43.4 Å². The van der Waals surface area contributed by atoms with Gasteiger partial charge in [-0.1, -0.05) is 91.0 Å². The lowest BCUT2D eigenvalue weighted by Gasteiger charge is -2.12. The van der Waals surface area contributed by atoms with E-state index in [0.29, 0.717) is 5.95 Å². The fraction of sp³-hybridized carbons (Fsp3) is 0. The molecule has 0 saturated heterocycles. The maximum Gasteiger partial charge on any atom is 0.235 e. The van der Waals surface area contributed by atoms with Gasteiger partial charge in [-0.3, -0.25) is 4.57 Å². The van der Waals surface area contributed by atoms with Crippen LogP contribution in [0.4, 0.5) is 0 Å². The summed E-state index contributed by atoms with van der Waals surface area (Å²) in [6.07, 6.45) is 3.55. The number of nitrogens with zero attached hydrogens (tertiary/aromatic N) is 5. The minimum absolute atomic E-state index is 0.650. The van der Waals surface area contributed by atoms with Gasteiger partial charge >= 0.3 is 0 Å². The maximum absolute atomic E-state index is 5.28. The van der Waals surface area contributed by atoms with Gasteiger partial charge < -0.3 is 0 Å². The lowest BCUT2D eigenvalue weighted by molar-refractivity contribution is 1.01. The van der Waals surface area contributed by atoms with Crippen LogP contribution >= 0.6 is 11.3 Å². The highest BCUT2D eigenvalue weighted by molar-refractivity contribution is 7.25. The zero-order valence-corrected chi connectivity index (χ0v) is 23.1. The molecule has 42 heavy (non-hydrogen) atoms. The van der Waals surface area contributed by atoms with Crippen molar-refractivity contribution < 1.29 is 0 Å². The first kappa shape index (κ1) is 23.3. The Morgan fingerprint density at radius 2 is 1.29 bits per heavy atom. The van der Waals surface area contributed by atoms with Crippen LogP contribution in [0, 0.1) is 0 Å². The number of benzene rings is 5. The van der Waals surface area contributed by atoms with Crippen LogP contribution in [-0.4, -0.2) is 24.5 Å². The third-order valence-electron chi connectivity index (χ3n) is 8.01. The van der Waals surface area contributed by atoms with Crippen LogP contribution in [0.25, 0.3) is 81.3 Å². The Labute approximate surface area is 244 Å². The molecule has 0 N–H and O–H groups in total. The number of para-hydroxylation sites is 2. The van der Waals surface area contributed by atoms with Crippen LogP contribution in [-0.2, 0) is 0 Å². The number of rotatable bonds is 3. The summed E-state index contributed by atoms with van der Waals surface area (Å²) in [6.45, 7) is 0. The van der Waals surface area contributed by atoms with Crippen molar-refractivity contribution in [2.45, 2.75) is 0 Å². The van der Waals surface area contributed by atoms with Gasteiger partial charge in [0.25, 0.3) is 0 Å². The Hall–Kier alpha value is -5.46. The molecule has 0 aliphatic carbocycles. The molecule has 0 bridgehead atoms. The number of aromatic nitrogens is 5. The van der Waals surface area contributed by atoms with E-state index >= 15 is 0 Å². The minimum atomic E-state index is 0.650. The third kappa shape index (κ3) is 3.42. The molecule has 0 atom stereocenters. The summed E-state index contributed by atoms with van der Waals surface area (Å²) in [6, 6.07) is 40.2. The first-order valence-corrected chi connectivity index (χ1v) is 14.6. The second-order valence-corrected chi connectivity index (χ2v) is 11.4. The Kier molecular flexibility index (Phi) is 5.00. The number of fused-ring (bicyclic) bond motifs is 8. The van der Waals surface area contributed by atoms with E-state index in [4.69, 9.17) is 9.97 Å². The predicted molar refractivity (Wildman–Crippen MR) is 173 cm³/mol. The van der Waals surface area contributed by atoms with Crippen molar-refractivity contribution in [3.05, 3.63) is 128 Å². The molecule has 0 radical (unpaired) electrons. The van der Waals surface area contributed by atoms with Gasteiger partial charge in [0.2, 0.25) is 5.95 Å². The van der Waals surface area contributed by atoms with Crippen molar-refractivity contribution in [2.75, 3.05) is 0 Å². The average molecular weight is 556 g/mol. The maximum atomic E-state index is 5.28. The number of hydrogen-bond acceptors (Lipinski definition) is 5. The summed E-state index contributed by atoms with van der Waals surface area (Å²) >= 11 is 1.70. The van der Waals surface area contributed by atoms with E-state index in [1.807, 2.05) is 24.4 Å². The van der Waals surface area contributed by atoms with E-state index in [1.165, 1.54) is 26.6 Å². The molecule has 5 nitrogen and oxygen atoms in total. The van der Waals surface area contributed by atoms with Crippen LogP contribution in [0.15, 0.2) is 128 Å². The average Bonchev–Trinajstić information content (AvgIpc) is 3.60. The number of thiophene rings is 1. The summed E-state index contributed by atoms with van der Waals surface area (Å²) in [5.41, 5.74) is 7.38. The summed E-state index contributed by atoms with van der Waals surface area (Å²) in [7, 11) is 0. The fourth-order valence-electron chi connectivity index (χ4n) is 6.12. The molecule has 6 heteroatoms. The standard InChI is InChI=1S/C36H21N5S/c1-2-8-22(9-3-1)23-14-16-24(17-15-23)34-25-10-4-6-12-28(25)39-36(40-34)41-29-13-7-5-11-26(29)32-30(41)18-19-31-33(32)27-20-37-21-38-35(27)42-31/h1-21H. The molecule has 5 aromatic carbocycles. The van der Waals surface area contributed by atoms with Crippen molar-refractivity contribution in [1.29, 1.82) is 0 Å². The normalized spacial score (nSPS) is 11.8. The predicted octanol–water partition coefficient (Wildman–Crippen LogP) is 9.22. The van der Waals surface area contributed by atoms with Crippen molar-refractivity contribution in [1.82, 2.24) is 24.5 Å². The molecule has 9 aromatic rings. The molecule has 0 saturated carbocycles.